The standard InChI is InChI=1S/C8H11NOS/c1-3-7-4-8(11)9(10)5-6(7)2/h4-5,11H,3H2,1-2H3. The molecule has 0 saturated carbocycles. The van der Waals surface area contributed by atoms with Gasteiger partial charge in [-0.2, -0.15) is 4.73 Å². The smallest absolute Gasteiger partial charge is 0.248 e. The summed E-state index contributed by atoms with van der Waals surface area (Å²) in [5.74, 6) is 0. The van der Waals surface area contributed by atoms with Crippen LogP contribution in [-0.4, -0.2) is 0 Å². The summed E-state index contributed by atoms with van der Waals surface area (Å²) in [6, 6.07) is 1.81. The molecule has 0 aromatic carbocycles. The lowest BCUT2D eigenvalue weighted by atomic mass is 10.1. The Balaban J connectivity index is 3.21. The quantitative estimate of drug-likeness (QED) is 0.385. The van der Waals surface area contributed by atoms with E-state index in [1.165, 1.54) is 5.56 Å². The second-order valence-corrected chi connectivity index (χ2v) is 2.98. The van der Waals surface area contributed by atoms with E-state index in [-0.39, 0.29) is 0 Å². The Morgan fingerprint density at radius 2 is 2.27 bits per heavy atom. The number of rotatable bonds is 1. The number of hydrogen-bond acceptors (Lipinski definition) is 2. The molecule has 11 heavy (non-hydrogen) atoms. The molecule has 0 atom stereocenters. The zero-order valence-electron chi connectivity index (χ0n) is 6.66. The Morgan fingerprint density at radius 1 is 1.64 bits per heavy atom. The normalized spacial score (nSPS) is 10.1. The van der Waals surface area contributed by atoms with Crippen molar-refractivity contribution in [2.24, 2.45) is 0 Å². The van der Waals surface area contributed by atoms with Gasteiger partial charge >= 0.3 is 0 Å². The molecule has 0 saturated heterocycles. The van der Waals surface area contributed by atoms with Gasteiger partial charge in [0.05, 0.1) is 0 Å². The van der Waals surface area contributed by atoms with E-state index in [1.54, 1.807) is 6.20 Å². The van der Waals surface area contributed by atoms with Gasteiger partial charge in [0.25, 0.3) is 0 Å². The zero-order chi connectivity index (χ0) is 8.43. The predicted octanol–water partition coefficient (Wildman–Crippen LogP) is 1.48. The highest BCUT2D eigenvalue weighted by atomic mass is 32.1. The Bertz CT molecular complexity index is 273. The van der Waals surface area contributed by atoms with Gasteiger partial charge in [-0.3, -0.25) is 0 Å². The predicted molar refractivity (Wildman–Crippen MR) is 46.8 cm³/mol. The van der Waals surface area contributed by atoms with Crippen LogP contribution in [0.2, 0.25) is 0 Å². The fourth-order valence-electron chi connectivity index (χ4n) is 1.04. The molecule has 1 aromatic heterocycles. The molecule has 0 aliphatic carbocycles. The second kappa shape index (κ2) is 3.13. The summed E-state index contributed by atoms with van der Waals surface area (Å²) < 4.78 is 0.775. The van der Waals surface area contributed by atoms with Gasteiger partial charge in [0.2, 0.25) is 5.03 Å². The lowest BCUT2D eigenvalue weighted by molar-refractivity contribution is -0.645. The molecule has 0 amide bonds. The maximum absolute atomic E-state index is 10.9. The average Bonchev–Trinajstić information content (AvgIpc) is 1.97. The fourth-order valence-corrected chi connectivity index (χ4v) is 1.25. The van der Waals surface area contributed by atoms with Crippen LogP contribution in [0.5, 0.6) is 0 Å². The van der Waals surface area contributed by atoms with E-state index in [4.69, 9.17) is 0 Å². The van der Waals surface area contributed by atoms with Crippen LogP contribution in [0.1, 0.15) is 18.1 Å². The van der Waals surface area contributed by atoms with Crippen molar-refractivity contribution in [3.8, 4) is 0 Å². The molecule has 0 spiro atoms. The largest absolute Gasteiger partial charge is 0.618 e. The number of nitrogens with zero attached hydrogens (tertiary/aromatic N) is 1. The third-order valence-corrected chi connectivity index (χ3v) is 2.05. The monoisotopic (exact) mass is 169 g/mol. The van der Waals surface area contributed by atoms with Crippen molar-refractivity contribution in [1.82, 2.24) is 0 Å². The van der Waals surface area contributed by atoms with Crippen molar-refractivity contribution in [1.29, 1.82) is 0 Å². The van der Waals surface area contributed by atoms with Crippen LogP contribution in [0.25, 0.3) is 0 Å². The molecule has 0 fully saturated rings. The summed E-state index contributed by atoms with van der Waals surface area (Å²) in [6.45, 7) is 3.99. The van der Waals surface area contributed by atoms with Gasteiger partial charge in [-0.05, 0) is 18.9 Å². The summed E-state index contributed by atoms with van der Waals surface area (Å²) in [6.07, 6.45) is 2.50. The maximum atomic E-state index is 10.9. The van der Waals surface area contributed by atoms with Gasteiger partial charge < -0.3 is 5.21 Å². The maximum Gasteiger partial charge on any atom is 0.248 e. The van der Waals surface area contributed by atoms with Crippen LogP contribution < -0.4 is 4.73 Å². The third kappa shape index (κ3) is 1.66. The third-order valence-electron chi connectivity index (χ3n) is 1.73. The molecular weight excluding hydrogens is 158 g/mol. The van der Waals surface area contributed by atoms with Crippen LogP contribution >= 0.6 is 12.6 Å². The van der Waals surface area contributed by atoms with Crippen molar-refractivity contribution in [2.45, 2.75) is 25.3 Å². The molecule has 0 N–H and O–H groups in total. The van der Waals surface area contributed by atoms with Crippen molar-refractivity contribution < 1.29 is 4.73 Å². The van der Waals surface area contributed by atoms with E-state index in [0.29, 0.717) is 5.03 Å². The van der Waals surface area contributed by atoms with Crippen LogP contribution in [-0.2, 0) is 6.42 Å². The highest BCUT2D eigenvalue weighted by Crippen LogP contribution is 2.09. The Hall–Kier alpha value is -0.700. The summed E-state index contributed by atoms with van der Waals surface area (Å²) >= 11 is 4.02. The van der Waals surface area contributed by atoms with E-state index in [0.717, 1.165) is 16.7 Å². The Morgan fingerprint density at radius 3 is 2.82 bits per heavy atom. The molecule has 1 heterocycles. The van der Waals surface area contributed by atoms with Crippen molar-refractivity contribution in [3.63, 3.8) is 0 Å². The highest BCUT2D eigenvalue weighted by molar-refractivity contribution is 7.80. The number of thiol groups is 1. The first-order chi connectivity index (χ1) is 5.15. The van der Waals surface area contributed by atoms with Crippen molar-refractivity contribution in [2.75, 3.05) is 0 Å². The molecular formula is C8H11NOS. The lowest BCUT2D eigenvalue weighted by Gasteiger charge is -2.04. The Labute approximate surface area is 71.9 Å². The minimum atomic E-state index is 0.465. The van der Waals surface area contributed by atoms with Crippen molar-refractivity contribution >= 4 is 12.6 Å². The number of aromatic nitrogens is 1. The Kier molecular flexibility index (Phi) is 2.39. The minimum absolute atomic E-state index is 0.465. The van der Waals surface area contributed by atoms with E-state index in [1.807, 2.05) is 13.0 Å². The number of aryl methyl sites for hydroxylation is 2. The highest BCUT2D eigenvalue weighted by Gasteiger charge is 2.04. The van der Waals surface area contributed by atoms with E-state index in [2.05, 4.69) is 19.6 Å². The minimum Gasteiger partial charge on any atom is -0.618 e. The number of pyridine rings is 1. The molecule has 3 heteroatoms. The molecule has 1 rings (SSSR count). The van der Waals surface area contributed by atoms with Crippen LogP contribution in [0.3, 0.4) is 0 Å². The molecule has 60 valence electrons. The summed E-state index contributed by atoms with van der Waals surface area (Å²) in [4.78, 5) is 0. The molecule has 0 unspecified atom stereocenters. The van der Waals surface area contributed by atoms with Crippen LogP contribution in [0.4, 0.5) is 0 Å². The van der Waals surface area contributed by atoms with Crippen LogP contribution in [0.15, 0.2) is 17.3 Å². The van der Waals surface area contributed by atoms with Gasteiger partial charge in [0.15, 0.2) is 6.20 Å². The molecule has 1 aromatic rings. The molecule has 0 aliphatic heterocycles. The SMILES string of the molecule is CCc1cc(S)[n+]([O-])cc1C. The molecule has 0 aliphatic rings. The topological polar surface area (TPSA) is 26.9 Å². The van der Waals surface area contributed by atoms with E-state index in [9.17, 15) is 5.21 Å². The first-order valence-corrected chi connectivity index (χ1v) is 4.01. The first-order valence-electron chi connectivity index (χ1n) is 3.56. The number of hydrogen-bond donors (Lipinski definition) is 1. The molecule has 0 radical (unpaired) electrons. The molecule has 0 bridgehead atoms. The zero-order valence-corrected chi connectivity index (χ0v) is 7.56. The van der Waals surface area contributed by atoms with Gasteiger partial charge in [-0.1, -0.05) is 19.6 Å². The summed E-state index contributed by atoms with van der Waals surface area (Å²) in [7, 11) is 0. The second-order valence-electron chi connectivity index (χ2n) is 2.52. The van der Waals surface area contributed by atoms with E-state index < -0.39 is 0 Å². The first kappa shape index (κ1) is 8.40. The average molecular weight is 169 g/mol. The van der Waals surface area contributed by atoms with Gasteiger partial charge in [0.1, 0.15) is 0 Å². The van der Waals surface area contributed by atoms with E-state index >= 15 is 0 Å². The fraction of sp³-hybridized carbons (Fsp3) is 0.375. The lowest BCUT2D eigenvalue weighted by Crippen LogP contribution is -2.28. The molecule has 2 nitrogen and oxygen atoms in total. The van der Waals surface area contributed by atoms with Gasteiger partial charge in [-0.25, -0.2) is 0 Å². The summed E-state index contributed by atoms with van der Waals surface area (Å²) in [5.41, 5.74) is 2.21. The van der Waals surface area contributed by atoms with Gasteiger partial charge in [-0.15, -0.1) is 0 Å². The van der Waals surface area contributed by atoms with Crippen molar-refractivity contribution in [3.05, 3.63) is 28.6 Å². The summed E-state index contributed by atoms with van der Waals surface area (Å²) in [5, 5.41) is 11.4. The van der Waals surface area contributed by atoms with Crippen LogP contribution in [0, 0.1) is 12.1 Å². The van der Waals surface area contributed by atoms with Gasteiger partial charge in [0, 0.05) is 11.6 Å².